The van der Waals surface area contributed by atoms with Gasteiger partial charge in [-0.05, 0) is 13.8 Å². The monoisotopic (exact) mass is 274 g/mol. The summed E-state index contributed by atoms with van der Waals surface area (Å²) >= 11 is 0. The lowest BCUT2D eigenvalue weighted by Gasteiger charge is -2.23. The molecular formula is C10H11F5O3. The zero-order valence-corrected chi connectivity index (χ0v) is 9.55. The molecule has 0 spiro atoms. The molecule has 0 aliphatic carbocycles. The van der Waals surface area contributed by atoms with E-state index in [1.807, 2.05) is 0 Å². The van der Waals surface area contributed by atoms with E-state index in [0.717, 1.165) is 6.08 Å². The van der Waals surface area contributed by atoms with E-state index in [4.69, 9.17) is 0 Å². The van der Waals surface area contributed by atoms with Gasteiger partial charge in [-0.25, -0.2) is 4.79 Å². The number of halogens is 5. The molecule has 3 nitrogen and oxygen atoms in total. The number of carbonyl (C=O) groups excluding carboxylic acids is 1. The number of rotatable bonds is 4. The highest BCUT2D eigenvalue weighted by atomic mass is 19.4. The average molecular weight is 274 g/mol. The Hall–Kier alpha value is -1.18. The Bertz CT molecular complexity index is 363. The van der Waals surface area contributed by atoms with Crippen LogP contribution in [0.2, 0.25) is 0 Å². The van der Waals surface area contributed by atoms with Crippen molar-refractivity contribution in [1.82, 2.24) is 0 Å². The van der Waals surface area contributed by atoms with E-state index in [0.29, 0.717) is 6.92 Å². The van der Waals surface area contributed by atoms with Gasteiger partial charge in [0.25, 0.3) is 0 Å². The molecule has 0 bridgehead atoms. The van der Waals surface area contributed by atoms with E-state index < -0.39 is 36.4 Å². The van der Waals surface area contributed by atoms with Crippen LogP contribution in [0.5, 0.6) is 0 Å². The maximum Gasteiger partial charge on any atom is 0.456 e. The van der Waals surface area contributed by atoms with Gasteiger partial charge in [0.05, 0.1) is 0 Å². The summed E-state index contributed by atoms with van der Waals surface area (Å²) in [4.78, 5) is 10.9. The summed E-state index contributed by atoms with van der Waals surface area (Å²) in [6, 6.07) is 0. The summed E-state index contributed by atoms with van der Waals surface area (Å²) in [5, 5.41) is 0. The topological polar surface area (TPSA) is 38.8 Å². The zero-order chi connectivity index (χ0) is 14.2. The fraction of sp³-hybridized carbons (Fsp3) is 0.700. The number of hydrogen-bond donors (Lipinski definition) is 0. The van der Waals surface area contributed by atoms with Crippen molar-refractivity contribution < 1.29 is 36.2 Å². The van der Waals surface area contributed by atoms with Crippen molar-refractivity contribution in [1.29, 1.82) is 0 Å². The fourth-order valence-electron chi connectivity index (χ4n) is 1.35. The first-order chi connectivity index (χ1) is 8.06. The first kappa shape index (κ1) is 14.9. The molecule has 1 heterocycles. The molecular weight excluding hydrogens is 263 g/mol. The normalized spacial score (nSPS) is 28.5. The lowest BCUT2D eigenvalue weighted by atomic mass is 9.99. The largest absolute Gasteiger partial charge is 0.460 e. The maximum atomic E-state index is 13.0. The van der Waals surface area contributed by atoms with Gasteiger partial charge in [0.1, 0.15) is 12.7 Å². The van der Waals surface area contributed by atoms with E-state index in [1.165, 1.54) is 13.0 Å². The Morgan fingerprint density at radius 1 is 1.39 bits per heavy atom. The van der Waals surface area contributed by atoms with Gasteiger partial charge in [0.15, 0.2) is 5.60 Å². The first-order valence-corrected chi connectivity index (χ1v) is 4.98. The molecule has 0 aromatic carbocycles. The van der Waals surface area contributed by atoms with E-state index in [-0.39, 0.29) is 0 Å². The zero-order valence-electron chi connectivity index (χ0n) is 9.55. The van der Waals surface area contributed by atoms with Crippen molar-refractivity contribution in [3.63, 3.8) is 0 Å². The molecule has 1 aliphatic rings. The van der Waals surface area contributed by atoms with Gasteiger partial charge in [-0.2, -0.15) is 22.0 Å². The van der Waals surface area contributed by atoms with Crippen LogP contribution in [-0.4, -0.2) is 36.4 Å². The second-order valence-corrected chi connectivity index (χ2v) is 3.92. The van der Waals surface area contributed by atoms with Crippen molar-refractivity contribution in [2.75, 3.05) is 6.61 Å². The molecule has 2 unspecified atom stereocenters. The van der Waals surface area contributed by atoms with E-state index >= 15 is 0 Å². The van der Waals surface area contributed by atoms with Crippen LogP contribution < -0.4 is 0 Å². The minimum absolute atomic E-state index is 0.634. The van der Waals surface area contributed by atoms with Gasteiger partial charge in [-0.1, -0.05) is 6.08 Å². The smallest absolute Gasteiger partial charge is 0.456 e. The Labute approximate surface area is 99.5 Å². The van der Waals surface area contributed by atoms with Crippen molar-refractivity contribution >= 4 is 5.97 Å². The van der Waals surface area contributed by atoms with E-state index in [2.05, 4.69) is 9.47 Å². The third-order valence-electron chi connectivity index (χ3n) is 2.60. The predicted octanol–water partition coefficient (Wildman–Crippen LogP) is 2.46. The molecule has 1 saturated heterocycles. The summed E-state index contributed by atoms with van der Waals surface area (Å²) in [7, 11) is 0. The van der Waals surface area contributed by atoms with Crippen molar-refractivity contribution in [2.45, 2.75) is 37.7 Å². The van der Waals surface area contributed by atoms with Crippen LogP contribution >= 0.6 is 0 Å². The van der Waals surface area contributed by atoms with Gasteiger partial charge >= 0.3 is 18.1 Å². The molecule has 104 valence electrons. The number of carbonyl (C=O) groups is 1. The molecule has 0 saturated carbocycles. The van der Waals surface area contributed by atoms with Crippen molar-refractivity contribution in [3.8, 4) is 0 Å². The molecule has 1 fully saturated rings. The summed E-state index contributed by atoms with van der Waals surface area (Å²) in [6.45, 7) is 1.51. The SMILES string of the molecule is CC=CC(=O)OCC1OC1(C)C(F)(F)C(F)(F)F. The molecule has 1 rings (SSSR count). The molecule has 18 heavy (non-hydrogen) atoms. The van der Waals surface area contributed by atoms with Gasteiger partial charge in [-0.15, -0.1) is 0 Å². The second kappa shape index (κ2) is 4.49. The van der Waals surface area contributed by atoms with E-state index in [9.17, 15) is 26.7 Å². The van der Waals surface area contributed by atoms with E-state index in [1.54, 1.807) is 0 Å². The lowest BCUT2D eigenvalue weighted by molar-refractivity contribution is -0.303. The molecule has 2 atom stereocenters. The Morgan fingerprint density at radius 3 is 2.39 bits per heavy atom. The second-order valence-electron chi connectivity index (χ2n) is 3.92. The minimum atomic E-state index is -5.70. The lowest BCUT2D eigenvalue weighted by Crippen LogP contribution is -2.49. The Kier molecular flexibility index (Phi) is 3.71. The van der Waals surface area contributed by atoms with Crippen LogP contribution in [0.15, 0.2) is 12.2 Å². The third kappa shape index (κ3) is 2.47. The van der Waals surface area contributed by atoms with Crippen molar-refractivity contribution in [2.24, 2.45) is 0 Å². The van der Waals surface area contributed by atoms with Crippen LogP contribution in [-0.2, 0) is 14.3 Å². The molecule has 8 heteroatoms. The Morgan fingerprint density at radius 2 is 1.94 bits per heavy atom. The average Bonchev–Trinajstić information content (AvgIpc) is 2.87. The summed E-state index contributed by atoms with van der Waals surface area (Å²) in [5.41, 5.74) is -2.68. The minimum Gasteiger partial charge on any atom is -0.460 e. The maximum absolute atomic E-state index is 13.0. The predicted molar refractivity (Wildman–Crippen MR) is 50.1 cm³/mol. The highest BCUT2D eigenvalue weighted by Gasteiger charge is 2.79. The molecule has 0 N–H and O–H groups in total. The standard InChI is InChI=1S/C10H11F5O3/c1-3-4-7(16)17-5-6-8(2,18-6)9(11,12)10(13,14)15/h3-4,6H,5H2,1-2H3. The quantitative estimate of drug-likeness (QED) is 0.342. The van der Waals surface area contributed by atoms with Gasteiger partial charge in [0.2, 0.25) is 0 Å². The van der Waals surface area contributed by atoms with Gasteiger partial charge in [-0.3, -0.25) is 0 Å². The van der Waals surface area contributed by atoms with Crippen LogP contribution in [0, 0.1) is 0 Å². The summed E-state index contributed by atoms with van der Waals surface area (Å²) < 4.78 is 71.2. The van der Waals surface area contributed by atoms with Gasteiger partial charge in [0, 0.05) is 6.08 Å². The molecule has 0 amide bonds. The fourth-order valence-corrected chi connectivity index (χ4v) is 1.35. The number of epoxide rings is 1. The highest BCUT2D eigenvalue weighted by Crippen LogP contribution is 2.55. The number of esters is 1. The van der Waals surface area contributed by atoms with Crippen LogP contribution in [0.3, 0.4) is 0 Å². The summed E-state index contributed by atoms with van der Waals surface area (Å²) in [5.74, 6) is -5.82. The molecule has 0 aromatic rings. The van der Waals surface area contributed by atoms with Crippen LogP contribution in [0.25, 0.3) is 0 Å². The van der Waals surface area contributed by atoms with Crippen LogP contribution in [0.4, 0.5) is 22.0 Å². The number of alkyl halides is 5. The van der Waals surface area contributed by atoms with Crippen LogP contribution in [0.1, 0.15) is 13.8 Å². The first-order valence-electron chi connectivity index (χ1n) is 4.98. The van der Waals surface area contributed by atoms with Gasteiger partial charge < -0.3 is 9.47 Å². The molecule has 0 aromatic heterocycles. The molecule has 1 aliphatic heterocycles. The number of ether oxygens (including phenoxy) is 2. The van der Waals surface area contributed by atoms with Crippen molar-refractivity contribution in [3.05, 3.63) is 12.2 Å². The third-order valence-corrected chi connectivity index (χ3v) is 2.60. The Balaban J connectivity index is 2.59. The summed E-state index contributed by atoms with van der Waals surface area (Å²) in [6.07, 6.45) is -4.81. The number of hydrogen-bond acceptors (Lipinski definition) is 3. The highest BCUT2D eigenvalue weighted by molar-refractivity contribution is 5.81. The number of allylic oxidation sites excluding steroid dienone is 1. The molecule has 0 radical (unpaired) electrons.